The molecule has 0 bridgehead atoms. The van der Waals surface area contributed by atoms with E-state index >= 15 is 0 Å². The number of hydrogen-bond donors (Lipinski definition) is 2. The van der Waals surface area contributed by atoms with Crippen molar-refractivity contribution < 1.29 is 38.8 Å². The molecule has 2 N–H and O–H groups in total. The summed E-state index contributed by atoms with van der Waals surface area (Å²) in [5.41, 5.74) is 5.29. The van der Waals surface area contributed by atoms with Gasteiger partial charge in [-0.25, -0.2) is 4.79 Å². The van der Waals surface area contributed by atoms with Gasteiger partial charge in [0.1, 0.15) is 37.9 Å². The largest absolute Gasteiger partial charge is 0.487 e. The number of rotatable bonds is 18. The fourth-order valence-corrected chi connectivity index (χ4v) is 8.71. The molecule has 1 aliphatic heterocycles. The lowest BCUT2D eigenvalue weighted by atomic mass is 9.55. The van der Waals surface area contributed by atoms with Crippen LogP contribution in [0.2, 0.25) is 0 Å². The highest BCUT2D eigenvalue weighted by Gasteiger charge is 2.65. The number of oxime groups is 1. The van der Waals surface area contributed by atoms with Crippen LogP contribution in [-0.4, -0.2) is 77.7 Å². The Morgan fingerprint density at radius 1 is 1.04 bits per heavy atom. The van der Waals surface area contributed by atoms with Gasteiger partial charge in [-0.1, -0.05) is 66.5 Å². The second-order valence-corrected chi connectivity index (χ2v) is 14.7. The number of carbonyl (C=O) groups excluding carboxylic acids is 1. The zero-order chi connectivity index (χ0) is 38.8. The molecule has 1 amide bonds. The molecule has 294 valence electrons. The number of carbonyl (C=O) groups is 1. The maximum atomic E-state index is 14.0. The normalized spacial score (nSPS) is 24.5. The predicted molar refractivity (Wildman–Crippen MR) is 210 cm³/mol. The molecular weight excluding hydrogens is 698 g/mol. The highest BCUT2D eigenvalue weighted by Crippen LogP contribution is 2.61. The number of aryl methyl sites for hydroxylation is 1. The van der Waals surface area contributed by atoms with Crippen molar-refractivity contribution in [1.82, 2.24) is 9.88 Å². The summed E-state index contributed by atoms with van der Waals surface area (Å²) in [5.74, 6) is -0.379. The van der Waals surface area contributed by atoms with Crippen LogP contribution >= 0.6 is 0 Å². The van der Waals surface area contributed by atoms with Crippen LogP contribution in [0.3, 0.4) is 0 Å². The molecule has 3 aromatic rings. The van der Waals surface area contributed by atoms with E-state index in [4.69, 9.17) is 23.8 Å². The van der Waals surface area contributed by atoms with Crippen molar-refractivity contribution in [3.05, 3.63) is 114 Å². The van der Waals surface area contributed by atoms with Gasteiger partial charge in [-0.15, -0.1) is 6.58 Å². The quantitative estimate of drug-likeness (QED) is 0.0770. The minimum Gasteiger partial charge on any atom is -0.487 e. The highest BCUT2D eigenvalue weighted by atomic mass is 16.7. The van der Waals surface area contributed by atoms with Crippen LogP contribution in [0, 0.1) is 24.7 Å². The maximum Gasteiger partial charge on any atom is 0.410 e. The number of benzene rings is 2. The molecule has 55 heavy (non-hydrogen) atoms. The summed E-state index contributed by atoms with van der Waals surface area (Å²) in [6.45, 7) is 6.76. The zero-order valence-electron chi connectivity index (χ0n) is 32.3. The average Bonchev–Trinajstić information content (AvgIpc) is 3.20. The Hall–Kier alpha value is -4.71. The van der Waals surface area contributed by atoms with Crippen molar-refractivity contribution in [2.45, 2.75) is 82.8 Å². The van der Waals surface area contributed by atoms with E-state index in [1.807, 2.05) is 67.6 Å². The summed E-state index contributed by atoms with van der Waals surface area (Å²) in [6, 6.07) is 20.7. The first-order chi connectivity index (χ1) is 26.8. The van der Waals surface area contributed by atoms with Gasteiger partial charge in [-0.3, -0.25) is 4.98 Å². The molecule has 0 saturated heterocycles. The van der Waals surface area contributed by atoms with Gasteiger partial charge >= 0.3 is 6.09 Å². The minimum absolute atomic E-state index is 0.0971. The van der Waals surface area contributed by atoms with Gasteiger partial charge in [-0.05, 0) is 85.9 Å². The minimum atomic E-state index is -1.36. The van der Waals surface area contributed by atoms with E-state index in [-0.39, 0.29) is 50.6 Å². The lowest BCUT2D eigenvalue weighted by Gasteiger charge is -2.59. The third-order valence-corrected chi connectivity index (χ3v) is 11.1. The summed E-state index contributed by atoms with van der Waals surface area (Å²) >= 11 is 0. The molecule has 6 atom stereocenters. The fourth-order valence-electron chi connectivity index (χ4n) is 8.71. The number of aliphatic hydroxyl groups excluding tert-OH is 2. The van der Waals surface area contributed by atoms with Gasteiger partial charge < -0.3 is 38.9 Å². The number of aliphatic hydroxyl groups is 2. The summed E-state index contributed by atoms with van der Waals surface area (Å²) < 4.78 is 26.3. The number of amides is 1. The first kappa shape index (κ1) is 40.0. The van der Waals surface area contributed by atoms with E-state index < -0.39 is 23.8 Å². The van der Waals surface area contributed by atoms with E-state index in [0.717, 1.165) is 53.8 Å². The number of pyridine rings is 1. The van der Waals surface area contributed by atoms with E-state index in [1.54, 1.807) is 18.0 Å². The van der Waals surface area contributed by atoms with Crippen LogP contribution in [0.5, 0.6) is 11.5 Å². The summed E-state index contributed by atoms with van der Waals surface area (Å²) in [7, 11) is 3.26. The first-order valence-corrected chi connectivity index (χ1v) is 19.4. The molecule has 0 unspecified atom stereocenters. The van der Waals surface area contributed by atoms with Gasteiger partial charge in [0.2, 0.25) is 5.79 Å². The van der Waals surface area contributed by atoms with Gasteiger partial charge in [0.05, 0.1) is 23.9 Å². The number of likely N-dealkylation sites (N-methyl/N-ethyl adjacent to an activating group) is 1. The predicted octanol–water partition coefficient (Wildman–Crippen LogP) is 7.50. The summed E-state index contributed by atoms with van der Waals surface area (Å²) in [5, 5.41) is 24.2. The number of ether oxygens (including phenoxy) is 4. The molecule has 11 heteroatoms. The van der Waals surface area contributed by atoms with Crippen molar-refractivity contribution in [3.8, 4) is 11.5 Å². The molecule has 11 nitrogen and oxygen atoms in total. The SMILES string of the molecule is C=CCO[C@@]12Oc3ccc(OCc4cccc(C)n4)cc3[C@H]3[C@H](CCCCO)[C@@H](CCCCO)C=C(C(=NOC)C[C@@H]1N(C)C(=O)OCc1ccccc1)[C@H]32. The van der Waals surface area contributed by atoms with Crippen molar-refractivity contribution in [2.24, 2.45) is 22.9 Å². The molecule has 0 spiro atoms. The average molecular weight is 754 g/mol. The third-order valence-electron chi connectivity index (χ3n) is 11.1. The first-order valence-electron chi connectivity index (χ1n) is 19.4. The van der Waals surface area contributed by atoms with Gasteiger partial charge in [0, 0.05) is 43.9 Å². The Bertz CT molecular complexity index is 1820. The number of hydrogen-bond acceptors (Lipinski definition) is 10. The molecule has 1 saturated carbocycles. The topological polar surface area (TPSA) is 132 Å². The van der Waals surface area contributed by atoms with Crippen molar-refractivity contribution in [2.75, 3.05) is 34.0 Å². The van der Waals surface area contributed by atoms with Crippen LogP contribution in [0.15, 0.2) is 96.2 Å². The van der Waals surface area contributed by atoms with Crippen LogP contribution in [0.25, 0.3) is 0 Å². The maximum absolute atomic E-state index is 14.0. The molecule has 1 fully saturated rings. The third kappa shape index (κ3) is 8.90. The second kappa shape index (κ2) is 18.8. The van der Waals surface area contributed by atoms with Crippen LogP contribution < -0.4 is 9.47 Å². The molecule has 2 aromatic carbocycles. The van der Waals surface area contributed by atoms with Crippen LogP contribution in [0.4, 0.5) is 4.79 Å². The Balaban J connectivity index is 1.48. The molecule has 2 heterocycles. The summed E-state index contributed by atoms with van der Waals surface area (Å²) in [6.07, 6.45) is 8.53. The standard InChI is InChI=1S/C44H55N3O8/c1-5-24-54-44-40(47(3)43(50)53-28-31-15-7-6-8-16-31)27-38(46-51-4)36-25-32(17-9-11-22-48)35(19-10-12-23-49)41(42(36)44)37-26-34(20-21-39(37)55-44)52-29-33-18-13-14-30(2)45-33/h5-8,13-16,18,20-21,25-26,32,35,40-42,48-49H,1,9-12,17,19,22-24,27-29H2,2-4H3/t32-,35+,40-,41+,42+,44+/m0/s1. The molecule has 2 aliphatic carbocycles. The Morgan fingerprint density at radius 2 is 1.82 bits per heavy atom. The van der Waals surface area contributed by atoms with Crippen LogP contribution in [0.1, 0.15) is 73.4 Å². The molecule has 3 aliphatic rings. The van der Waals surface area contributed by atoms with Gasteiger partial charge in [-0.2, -0.15) is 0 Å². The van der Waals surface area contributed by atoms with E-state index in [1.165, 1.54) is 7.11 Å². The van der Waals surface area contributed by atoms with E-state index in [0.29, 0.717) is 36.7 Å². The second-order valence-electron chi connectivity index (χ2n) is 14.7. The molecule has 0 radical (unpaired) electrons. The number of nitrogens with zero attached hydrogens (tertiary/aromatic N) is 3. The smallest absolute Gasteiger partial charge is 0.410 e. The van der Waals surface area contributed by atoms with Crippen molar-refractivity contribution in [3.63, 3.8) is 0 Å². The Morgan fingerprint density at radius 3 is 2.55 bits per heavy atom. The van der Waals surface area contributed by atoms with Crippen molar-refractivity contribution >= 4 is 11.8 Å². The molecule has 6 rings (SSSR count). The number of fused-ring (bicyclic) bond motifs is 2. The fraction of sp³-hybridized carbons (Fsp3) is 0.477. The van der Waals surface area contributed by atoms with E-state index in [9.17, 15) is 15.0 Å². The summed E-state index contributed by atoms with van der Waals surface area (Å²) in [4.78, 5) is 25.7. The zero-order valence-corrected chi connectivity index (χ0v) is 32.3. The number of allylic oxidation sites excluding steroid dienone is 1. The van der Waals surface area contributed by atoms with Gasteiger partial charge in [0.25, 0.3) is 0 Å². The van der Waals surface area contributed by atoms with Gasteiger partial charge in [0.15, 0.2) is 0 Å². The molecule has 1 aromatic heterocycles. The molecular formula is C44H55N3O8. The Kier molecular flexibility index (Phi) is 13.6. The lowest BCUT2D eigenvalue weighted by Crippen LogP contribution is -2.69. The monoisotopic (exact) mass is 753 g/mol. The Labute approximate surface area is 324 Å². The van der Waals surface area contributed by atoms with E-state index in [2.05, 4.69) is 28.9 Å². The number of aromatic nitrogens is 1. The van der Waals surface area contributed by atoms with Crippen LogP contribution in [-0.2, 0) is 27.5 Å². The highest BCUT2D eigenvalue weighted by molar-refractivity contribution is 6.02. The number of unbranched alkanes of at least 4 members (excludes halogenated alkanes) is 2. The lowest BCUT2D eigenvalue weighted by molar-refractivity contribution is -0.253. The van der Waals surface area contributed by atoms with Crippen molar-refractivity contribution in [1.29, 1.82) is 0 Å².